The molecule has 0 aliphatic heterocycles. The zero-order valence-electron chi connectivity index (χ0n) is 11.2. The van der Waals surface area contributed by atoms with Crippen LogP contribution in [0, 0.1) is 6.92 Å². The number of hydrogen-bond acceptors (Lipinski definition) is 4. The minimum absolute atomic E-state index is 0.595. The Kier molecular flexibility index (Phi) is 3.07. The summed E-state index contributed by atoms with van der Waals surface area (Å²) in [5, 5.41) is 3.41. The van der Waals surface area contributed by atoms with Crippen molar-refractivity contribution in [2.45, 2.75) is 25.8 Å². The molecule has 4 nitrogen and oxygen atoms in total. The molecule has 1 aliphatic rings. The largest absolute Gasteiger partial charge is 0.497 e. The highest BCUT2D eigenvalue weighted by Gasteiger charge is 2.21. The normalized spacial score (nSPS) is 14.2. The van der Waals surface area contributed by atoms with E-state index in [0.29, 0.717) is 6.04 Å². The van der Waals surface area contributed by atoms with Crippen molar-refractivity contribution in [3.05, 3.63) is 36.2 Å². The molecular weight excluding hydrogens is 238 g/mol. The number of rotatable bonds is 4. The number of aryl methyl sites for hydroxylation is 1. The standard InChI is InChI=1S/C15H17N3O/c1-10-16-14(9-15(17-10)18-12-5-6-12)11-3-7-13(19-2)8-4-11/h3-4,7-9,12H,5-6H2,1-2H3,(H,16,17,18). The molecule has 98 valence electrons. The molecule has 0 saturated heterocycles. The molecule has 1 aromatic carbocycles. The fourth-order valence-electron chi connectivity index (χ4n) is 1.99. The van der Waals surface area contributed by atoms with Crippen LogP contribution < -0.4 is 10.1 Å². The molecule has 1 aromatic heterocycles. The van der Waals surface area contributed by atoms with Crippen molar-refractivity contribution in [1.82, 2.24) is 9.97 Å². The van der Waals surface area contributed by atoms with E-state index in [1.54, 1.807) is 7.11 Å². The summed E-state index contributed by atoms with van der Waals surface area (Å²) in [7, 11) is 1.67. The van der Waals surface area contributed by atoms with Crippen molar-refractivity contribution < 1.29 is 4.74 Å². The first-order valence-electron chi connectivity index (χ1n) is 6.51. The summed E-state index contributed by atoms with van der Waals surface area (Å²) in [5.41, 5.74) is 2.02. The van der Waals surface area contributed by atoms with E-state index in [2.05, 4.69) is 15.3 Å². The molecule has 1 N–H and O–H groups in total. The summed E-state index contributed by atoms with van der Waals surface area (Å²) >= 11 is 0. The van der Waals surface area contributed by atoms with Crippen molar-refractivity contribution in [2.75, 3.05) is 12.4 Å². The topological polar surface area (TPSA) is 47.0 Å². The lowest BCUT2D eigenvalue weighted by Crippen LogP contribution is -2.05. The second-order valence-corrected chi connectivity index (χ2v) is 4.83. The van der Waals surface area contributed by atoms with Gasteiger partial charge < -0.3 is 10.1 Å². The molecule has 3 rings (SSSR count). The lowest BCUT2D eigenvalue weighted by atomic mass is 10.1. The van der Waals surface area contributed by atoms with Gasteiger partial charge in [0.05, 0.1) is 12.8 Å². The summed E-state index contributed by atoms with van der Waals surface area (Å²) in [6.45, 7) is 1.92. The van der Waals surface area contributed by atoms with Gasteiger partial charge in [-0.25, -0.2) is 9.97 Å². The maximum atomic E-state index is 5.17. The smallest absolute Gasteiger partial charge is 0.130 e. The molecule has 0 unspecified atom stereocenters. The second-order valence-electron chi connectivity index (χ2n) is 4.83. The van der Waals surface area contributed by atoms with Crippen LogP contribution in [0.5, 0.6) is 5.75 Å². The Morgan fingerprint density at radius 2 is 1.89 bits per heavy atom. The van der Waals surface area contributed by atoms with E-state index in [-0.39, 0.29) is 0 Å². The van der Waals surface area contributed by atoms with Crippen molar-refractivity contribution >= 4 is 5.82 Å². The van der Waals surface area contributed by atoms with Gasteiger partial charge in [0.2, 0.25) is 0 Å². The Bertz CT molecular complexity index is 576. The van der Waals surface area contributed by atoms with Crippen molar-refractivity contribution in [2.24, 2.45) is 0 Å². The number of ether oxygens (including phenoxy) is 1. The number of aromatic nitrogens is 2. The zero-order chi connectivity index (χ0) is 13.2. The molecule has 1 fully saturated rings. The highest BCUT2D eigenvalue weighted by Crippen LogP contribution is 2.26. The third-order valence-electron chi connectivity index (χ3n) is 3.15. The summed E-state index contributed by atoms with van der Waals surface area (Å²) in [6, 6.07) is 10.5. The maximum Gasteiger partial charge on any atom is 0.130 e. The average Bonchev–Trinajstić information content (AvgIpc) is 3.22. The van der Waals surface area contributed by atoms with Crippen LogP contribution in [-0.2, 0) is 0 Å². The quantitative estimate of drug-likeness (QED) is 0.912. The molecule has 0 spiro atoms. The van der Waals surface area contributed by atoms with Crippen molar-refractivity contribution in [1.29, 1.82) is 0 Å². The summed E-state index contributed by atoms with van der Waals surface area (Å²) in [6.07, 6.45) is 2.47. The van der Waals surface area contributed by atoms with Crippen molar-refractivity contribution in [3.63, 3.8) is 0 Å². The van der Waals surface area contributed by atoms with Crippen LogP contribution in [-0.4, -0.2) is 23.1 Å². The number of hydrogen-bond donors (Lipinski definition) is 1. The van der Waals surface area contributed by atoms with Crippen molar-refractivity contribution in [3.8, 4) is 17.0 Å². The SMILES string of the molecule is COc1ccc(-c2cc(NC3CC3)nc(C)n2)cc1. The molecule has 0 bridgehead atoms. The molecule has 1 saturated carbocycles. The molecule has 0 radical (unpaired) electrons. The molecule has 1 aliphatic carbocycles. The maximum absolute atomic E-state index is 5.17. The van der Waals surface area contributed by atoms with Crippen LogP contribution in [0.25, 0.3) is 11.3 Å². The predicted octanol–water partition coefficient (Wildman–Crippen LogP) is 3.03. The van der Waals surface area contributed by atoms with Gasteiger partial charge in [0.1, 0.15) is 17.4 Å². The first-order valence-corrected chi connectivity index (χ1v) is 6.51. The highest BCUT2D eigenvalue weighted by atomic mass is 16.5. The van der Waals surface area contributed by atoms with Crippen LogP contribution in [0.2, 0.25) is 0 Å². The molecule has 2 aromatic rings. The van der Waals surface area contributed by atoms with Crippen LogP contribution in [0.15, 0.2) is 30.3 Å². The number of benzene rings is 1. The number of nitrogens with one attached hydrogen (secondary N) is 1. The minimum Gasteiger partial charge on any atom is -0.497 e. The fourth-order valence-corrected chi connectivity index (χ4v) is 1.99. The number of methoxy groups -OCH3 is 1. The zero-order valence-corrected chi connectivity index (χ0v) is 11.2. The van der Waals surface area contributed by atoms with Gasteiger partial charge in [0, 0.05) is 17.7 Å². The Morgan fingerprint density at radius 1 is 1.16 bits per heavy atom. The molecule has 0 atom stereocenters. The van der Waals surface area contributed by atoms with E-state index in [0.717, 1.165) is 28.6 Å². The van der Waals surface area contributed by atoms with Gasteiger partial charge in [-0.3, -0.25) is 0 Å². The molecule has 1 heterocycles. The van der Waals surface area contributed by atoms with Gasteiger partial charge in [-0.05, 0) is 44.0 Å². The first kappa shape index (κ1) is 12.0. The summed E-state index contributed by atoms with van der Waals surface area (Å²) < 4.78 is 5.17. The predicted molar refractivity (Wildman–Crippen MR) is 75.4 cm³/mol. The van der Waals surface area contributed by atoms with E-state index in [1.807, 2.05) is 37.3 Å². The second kappa shape index (κ2) is 4.88. The number of anilines is 1. The van der Waals surface area contributed by atoms with E-state index in [4.69, 9.17) is 4.74 Å². The summed E-state index contributed by atoms with van der Waals surface area (Å²) in [5.74, 6) is 2.56. The van der Waals surface area contributed by atoms with Crippen LogP contribution in [0.4, 0.5) is 5.82 Å². The molecular formula is C15H17N3O. The first-order chi connectivity index (χ1) is 9.24. The third kappa shape index (κ3) is 2.84. The Balaban J connectivity index is 1.91. The summed E-state index contributed by atoms with van der Waals surface area (Å²) in [4.78, 5) is 8.92. The van der Waals surface area contributed by atoms with Crippen LogP contribution in [0.1, 0.15) is 18.7 Å². The van der Waals surface area contributed by atoms with Gasteiger partial charge >= 0.3 is 0 Å². The number of nitrogens with zero attached hydrogens (tertiary/aromatic N) is 2. The van der Waals surface area contributed by atoms with E-state index >= 15 is 0 Å². The van der Waals surface area contributed by atoms with E-state index < -0.39 is 0 Å². The monoisotopic (exact) mass is 255 g/mol. The Hall–Kier alpha value is -2.10. The minimum atomic E-state index is 0.595. The lowest BCUT2D eigenvalue weighted by Gasteiger charge is -2.08. The molecule has 0 amide bonds. The van der Waals surface area contributed by atoms with E-state index in [9.17, 15) is 0 Å². The van der Waals surface area contributed by atoms with Gasteiger partial charge in [0.25, 0.3) is 0 Å². The van der Waals surface area contributed by atoms with Gasteiger partial charge in [0.15, 0.2) is 0 Å². The van der Waals surface area contributed by atoms with Gasteiger partial charge in [-0.15, -0.1) is 0 Å². The van der Waals surface area contributed by atoms with Gasteiger partial charge in [-0.2, -0.15) is 0 Å². The molecule has 19 heavy (non-hydrogen) atoms. The van der Waals surface area contributed by atoms with E-state index in [1.165, 1.54) is 12.8 Å². The lowest BCUT2D eigenvalue weighted by molar-refractivity contribution is 0.415. The van der Waals surface area contributed by atoms with Crippen LogP contribution in [0.3, 0.4) is 0 Å². The average molecular weight is 255 g/mol. The molecule has 4 heteroatoms. The van der Waals surface area contributed by atoms with Crippen LogP contribution >= 0.6 is 0 Å². The Labute approximate surface area is 112 Å². The Morgan fingerprint density at radius 3 is 2.53 bits per heavy atom. The fraction of sp³-hybridized carbons (Fsp3) is 0.333. The van der Waals surface area contributed by atoms with Gasteiger partial charge in [-0.1, -0.05) is 0 Å². The third-order valence-corrected chi connectivity index (χ3v) is 3.15. The highest BCUT2D eigenvalue weighted by molar-refractivity contribution is 5.63.